The van der Waals surface area contributed by atoms with Crippen molar-refractivity contribution < 1.29 is 23.8 Å². The van der Waals surface area contributed by atoms with Crippen molar-refractivity contribution in [2.75, 3.05) is 19.8 Å². The zero-order valence-electron chi connectivity index (χ0n) is 12.6. The number of aromatic amines is 1. The summed E-state index contributed by atoms with van der Waals surface area (Å²) in [5, 5.41) is 15.8. The van der Waals surface area contributed by atoms with Crippen LogP contribution in [0.25, 0.3) is 11.5 Å². The van der Waals surface area contributed by atoms with Crippen LogP contribution in [0.5, 0.6) is 0 Å². The van der Waals surface area contributed by atoms with E-state index in [9.17, 15) is 9.59 Å². The minimum atomic E-state index is -0.966. The van der Waals surface area contributed by atoms with E-state index in [2.05, 4.69) is 10.2 Å². The smallest absolute Gasteiger partial charge is 0.305 e. The van der Waals surface area contributed by atoms with Crippen molar-refractivity contribution in [3.05, 3.63) is 29.7 Å². The number of furan rings is 1. The van der Waals surface area contributed by atoms with E-state index >= 15 is 0 Å². The molecular formula is C15H17N3O5. The standard InChI is InChI=1S/C15H17N3O5/c1-9-2-3-13(23-9)11-7-12(17-16-11)15(21)18-4-5-22-8-10(18)6-14(19)20/h2-3,7,10H,4-6,8H2,1H3,(H,16,17)(H,19,20). The van der Waals surface area contributed by atoms with E-state index in [4.69, 9.17) is 14.3 Å². The van der Waals surface area contributed by atoms with E-state index < -0.39 is 12.0 Å². The normalized spacial score (nSPS) is 18.1. The van der Waals surface area contributed by atoms with Gasteiger partial charge in [-0.25, -0.2) is 0 Å². The third-order valence-corrected chi connectivity index (χ3v) is 3.70. The van der Waals surface area contributed by atoms with Crippen LogP contribution in [0.1, 0.15) is 22.7 Å². The highest BCUT2D eigenvalue weighted by Gasteiger charge is 2.31. The van der Waals surface area contributed by atoms with Crippen molar-refractivity contribution in [2.45, 2.75) is 19.4 Å². The van der Waals surface area contributed by atoms with Gasteiger partial charge in [0, 0.05) is 12.6 Å². The monoisotopic (exact) mass is 319 g/mol. The van der Waals surface area contributed by atoms with Crippen molar-refractivity contribution in [3.8, 4) is 11.5 Å². The van der Waals surface area contributed by atoms with Crippen LogP contribution in [0.3, 0.4) is 0 Å². The van der Waals surface area contributed by atoms with Crippen molar-refractivity contribution in [1.29, 1.82) is 0 Å². The van der Waals surface area contributed by atoms with Gasteiger partial charge in [0.05, 0.1) is 25.7 Å². The van der Waals surface area contributed by atoms with Crippen LogP contribution in [-0.2, 0) is 9.53 Å². The summed E-state index contributed by atoms with van der Waals surface area (Å²) in [7, 11) is 0. The second kappa shape index (κ2) is 6.25. The average Bonchev–Trinajstić information content (AvgIpc) is 3.15. The fourth-order valence-corrected chi connectivity index (χ4v) is 2.58. The van der Waals surface area contributed by atoms with E-state index in [0.29, 0.717) is 24.6 Å². The fraction of sp³-hybridized carbons (Fsp3) is 0.400. The lowest BCUT2D eigenvalue weighted by molar-refractivity contribution is -0.139. The zero-order chi connectivity index (χ0) is 16.4. The van der Waals surface area contributed by atoms with Crippen molar-refractivity contribution in [3.63, 3.8) is 0 Å². The molecule has 8 nitrogen and oxygen atoms in total. The first-order valence-electron chi connectivity index (χ1n) is 7.27. The first-order chi connectivity index (χ1) is 11.0. The second-order valence-electron chi connectivity index (χ2n) is 5.40. The number of carboxylic acid groups (broad SMARTS) is 1. The van der Waals surface area contributed by atoms with Crippen LogP contribution in [0.4, 0.5) is 0 Å². The Kier molecular flexibility index (Phi) is 4.16. The Labute approximate surface area is 132 Å². The van der Waals surface area contributed by atoms with Crippen molar-refractivity contribution >= 4 is 11.9 Å². The van der Waals surface area contributed by atoms with E-state index in [0.717, 1.165) is 5.76 Å². The summed E-state index contributed by atoms with van der Waals surface area (Å²) < 4.78 is 10.8. The number of H-pyrrole nitrogens is 1. The van der Waals surface area contributed by atoms with Crippen molar-refractivity contribution in [1.82, 2.24) is 15.1 Å². The number of ether oxygens (including phenoxy) is 1. The summed E-state index contributed by atoms with van der Waals surface area (Å²) in [6, 6.07) is 4.73. The average molecular weight is 319 g/mol. The van der Waals surface area contributed by atoms with Gasteiger partial charge in [0.15, 0.2) is 11.5 Å². The molecule has 0 aromatic carbocycles. The lowest BCUT2D eigenvalue weighted by atomic mass is 10.1. The van der Waals surface area contributed by atoms with E-state index in [1.165, 1.54) is 4.90 Å². The van der Waals surface area contributed by atoms with Gasteiger partial charge in [0.1, 0.15) is 11.5 Å². The number of nitrogens with one attached hydrogen (secondary N) is 1. The summed E-state index contributed by atoms with van der Waals surface area (Å²) in [6.45, 7) is 2.78. The molecule has 0 radical (unpaired) electrons. The lowest BCUT2D eigenvalue weighted by Gasteiger charge is -2.34. The molecule has 1 amide bonds. The van der Waals surface area contributed by atoms with Crippen LogP contribution >= 0.6 is 0 Å². The molecule has 122 valence electrons. The minimum absolute atomic E-state index is 0.152. The van der Waals surface area contributed by atoms with Gasteiger partial charge in [0.2, 0.25) is 0 Å². The number of rotatable bonds is 4. The maximum Gasteiger partial charge on any atom is 0.305 e. The molecule has 2 aromatic heterocycles. The Morgan fingerprint density at radius 2 is 2.30 bits per heavy atom. The first-order valence-corrected chi connectivity index (χ1v) is 7.27. The van der Waals surface area contributed by atoms with Crippen LogP contribution in [0.2, 0.25) is 0 Å². The number of carbonyl (C=O) groups is 2. The molecule has 2 N–H and O–H groups in total. The number of hydrogen-bond acceptors (Lipinski definition) is 5. The number of aromatic nitrogens is 2. The number of carboxylic acids is 1. The van der Waals surface area contributed by atoms with Gasteiger partial charge in [-0.05, 0) is 19.1 Å². The minimum Gasteiger partial charge on any atom is -0.481 e. The second-order valence-corrected chi connectivity index (χ2v) is 5.40. The third kappa shape index (κ3) is 3.26. The number of aliphatic carboxylic acids is 1. The van der Waals surface area contributed by atoms with Crippen LogP contribution in [-0.4, -0.2) is 57.9 Å². The van der Waals surface area contributed by atoms with Gasteiger partial charge < -0.3 is 19.2 Å². The zero-order valence-corrected chi connectivity index (χ0v) is 12.6. The number of hydrogen-bond donors (Lipinski definition) is 2. The number of carbonyl (C=O) groups excluding carboxylic acids is 1. The molecule has 3 rings (SSSR count). The molecule has 1 unspecified atom stereocenters. The summed E-state index contributed by atoms with van der Waals surface area (Å²) in [5.74, 6) is 0.0766. The highest BCUT2D eigenvalue weighted by atomic mass is 16.5. The maximum atomic E-state index is 12.6. The molecule has 2 aromatic rings. The molecule has 0 spiro atoms. The van der Waals surface area contributed by atoms with Gasteiger partial charge in [-0.15, -0.1) is 0 Å². The number of amides is 1. The SMILES string of the molecule is Cc1ccc(-c2cc(C(=O)N3CCOCC3CC(=O)O)n[nH]2)o1. The largest absolute Gasteiger partial charge is 0.481 e. The quantitative estimate of drug-likeness (QED) is 0.879. The van der Waals surface area contributed by atoms with Gasteiger partial charge in [-0.2, -0.15) is 5.10 Å². The van der Waals surface area contributed by atoms with Crippen molar-refractivity contribution in [2.24, 2.45) is 0 Å². The lowest BCUT2D eigenvalue weighted by Crippen LogP contribution is -2.49. The van der Waals surface area contributed by atoms with Gasteiger partial charge in [0.25, 0.3) is 5.91 Å². The number of aryl methyl sites for hydroxylation is 1. The van der Waals surface area contributed by atoms with E-state index in [-0.39, 0.29) is 24.6 Å². The Hall–Kier alpha value is -2.61. The molecule has 1 fully saturated rings. The van der Waals surface area contributed by atoms with Gasteiger partial charge >= 0.3 is 5.97 Å². The Bertz CT molecular complexity index is 720. The van der Waals surface area contributed by atoms with E-state index in [1.807, 2.05) is 13.0 Å². The van der Waals surface area contributed by atoms with Gasteiger partial charge in [-0.1, -0.05) is 0 Å². The topological polar surface area (TPSA) is 109 Å². The Morgan fingerprint density at radius 1 is 1.48 bits per heavy atom. The van der Waals surface area contributed by atoms with Crippen LogP contribution in [0, 0.1) is 6.92 Å². The molecule has 0 aliphatic carbocycles. The summed E-state index contributed by atoms with van der Waals surface area (Å²) in [6.07, 6.45) is -0.152. The van der Waals surface area contributed by atoms with E-state index in [1.54, 1.807) is 12.1 Å². The predicted octanol–water partition coefficient (Wildman–Crippen LogP) is 1.29. The predicted molar refractivity (Wildman–Crippen MR) is 78.9 cm³/mol. The molecule has 1 atom stereocenters. The molecular weight excluding hydrogens is 302 g/mol. The Morgan fingerprint density at radius 3 is 3.00 bits per heavy atom. The molecule has 1 aliphatic heterocycles. The molecule has 3 heterocycles. The molecule has 1 saturated heterocycles. The number of nitrogens with zero attached hydrogens (tertiary/aromatic N) is 2. The number of morpholine rings is 1. The molecule has 23 heavy (non-hydrogen) atoms. The third-order valence-electron chi connectivity index (χ3n) is 3.70. The molecule has 1 aliphatic rings. The molecule has 8 heteroatoms. The first kappa shape index (κ1) is 15.3. The van der Waals surface area contributed by atoms with Gasteiger partial charge in [-0.3, -0.25) is 14.7 Å². The Balaban J connectivity index is 1.79. The molecule has 0 bridgehead atoms. The summed E-state index contributed by atoms with van der Waals surface area (Å²) in [5.41, 5.74) is 0.829. The summed E-state index contributed by atoms with van der Waals surface area (Å²) in [4.78, 5) is 25.0. The maximum absolute atomic E-state index is 12.6. The van der Waals surface area contributed by atoms with Crippen LogP contribution in [0.15, 0.2) is 22.6 Å². The van der Waals surface area contributed by atoms with Crippen LogP contribution < -0.4 is 0 Å². The summed E-state index contributed by atoms with van der Waals surface area (Å²) >= 11 is 0. The highest BCUT2D eigenvalue weighted by molar-refractivity contribution is 5.93. The fourth-order valence-electron chi connectivity index (χ4n) is 2.58. The highest BCUT2D eigenvalue weighted by Crippen LogP contribution is 2.22. The molecule has 0 saturated carbocycles.